The topological polar surface area (TPSA) is 89.8 Å². The maximum atomic E-state index is 11.7. The number of carbonyl (C=O) groups is 1. The SMILES string of the molecule is Cc1c(CC(=O)Nc2nncs2)ncn(C)c1=O. The van der Waals surface area contributed by atoms with Crippen LogP contribution in [-0.4, -0.2) is 25.7 Å². The van der Waals surface area contributed by atoms with Crippen molar-refractivity contribution in [2.75, 3.05) is 5.32 Å². The Kier molecular flexibility index (Phi) is 3.47. The number of amides is 1. The van der Waals surface area contributed by atoms with Gasteiger partial charge in [0.15, 0.2) is 0 Å². The van der Waals surface area contributed by atoms with E-state index >= 15 is 0 Å². The van der Waals surface area contributed by atoms with Gasteiger partial charge in [-0.15, -0.1) is 10.2 Å². The second kappa shape index (κ2) is 5.05. The van der Waals surface area contributed by atoms with Crippen LogP contribution in [0.3, 0.4) is 0 Å². The molecule has 2 aromatic rings. The molecule has 0 radical (unpaired) electrons. The first-order valence-electron chi connectivity index (χ1n) is 5.15. The zero-order valence-corrected chi connectivity index (χ0v) is 10.7. The van der Waals surface area contributed by atoms with Crippen molar-refractivity contribution in [1.29, 1.82) is 0 Å². The average Bonchev–Trinajstić information content (AvgIpc) is 2.83. The molecule has 0 saturated heterocycles. The Bertz CT molecular complexity index is 620. The molecule has 0 aliphatic carbocycles. The van der Waals surface area contributed by atoms with Crippen LogP contribution < -0.4 is 10.9 Å². The highest BCUT2D eigenvalue weighted by molar-refractivity contribution is 7.13. The fourth-order valence-electron chi connectivity index (χ4n) is 1.41. The summed E-state index contributed by atoms with van der Waals surface area (Å²) in [7, 11) is 1.62. The van der Waals surface area contributed by atoms with E-state index in [-0.39, 0.29) is 17.9 Å². The van der Waals surface area contributed by atoms with Crippen LogP contribution in [0.25, 0.3) is 0 Å². The average molecular weight is 265 g/mol. The highest BCUT2D eigenvalue weighted by Crippen LogP contribution is 2.09. The molecule has 0 spiro atoms. The number of aromatic nitrogens is 4. The van der Waals surface area contributed by atoms with Gasteiger partial charge in [-0.2, -0.15) is 0 Å². The minimum Gasteiger partial charge on any atom is -0.302 e. The molecule has 0 saturated carbocycles. The predicted octanol–water partition coefficient (Wildman–Crippen LogP) is 0.121. The normalized spacial score (nSPS) is 10.3. The van der Waals surface area contributed by atoms with E-state index in [1.165, 1.54) is 27.7 Å². The molecule has 1 amide bonds. The van der Waals surface area contributed by atoms with Gasteiger partial charge in [-0.1, -0.05) is 11.3 Å². The van der Waals surface area contributed by atoms with Crippen LogP contribution in [0.1, 0.15) is 11.3 Å². The van der Waals surface area contributed by atoms with Crippen LogP contribution in [0.5, 0.6) is 0 Å². The molecule has 7 nitrogen and oxygen atoms in total. The van der Waals surface area contributed by atoms with Crippen LogP contribution in [0.15, 0.2) is 16.6 Å². The monoisotopic (exact) mass is 265 g/mol. The summed E-state index contributed by atoms with van der Waals surface area (Å²) < 4.78 is 1.38. The van der Waals surface area contributed by atoms with Gasteiger partial charge in [0.1, 0.15) is 5.51 Å². The molecule has 1 N–H and O–H groups in total. The fraction of sp³-hybridized carbons (Fsp3) is 0.300. The first-order chi connectivity index (χ1) is 8.58. The predicted molar refractivity (Wildman–Crippen MR) is 66.5 cm³/mol. The molecule has 94 valence electrons. The number of anilines is 1. The molecule has 2 rings (SSSR count). The Balaban J connectivity index is 2.12. The second-order valence-corrected chi connectivity index (χ2v) is 4.53. The Labute approximate surface area is 107 Å². The van der Waals surface area contributed by atoms with Crippen molar-refractivity contribution in [2.24, 2.45) is 7.05 Å². The van der Waals surface area contributed by atoms with Gasteiger partial charge in [0.05, 0.1) is 18.4 Å². The molecule has 0 fully saturated rings. The molecule has 18 heavy (non-hydrogen) atoms. The van der Waals surface area contributed by atoms with Crippen molar-refractivity contribution >= 4 is 22.4 Å². The third-order valence-corrected chi connectivity index (χ3v) is 3.00. The summed E-state index contributed by atoms with van der Waals surface area (Å²) in [5.74, 6) is -0.268. The summed E-state index contributed by atoms with van der Waals surface area (Å²) in [4.78, 5) is 27.4. The molecular weight excluding hydrogens is 254 g/mol. The first kappa shape index (κ1) is 12.4. The number of nitrogens with zero attached hydrogens (tertiary/aromatic N) is 4. The molecule has 0 aliphatic heterocycles. The van der Waals surface area contributed by atoms with Crippen molar-refractivity contribution in [3.63, 3.8) is 0 Å². The highest BCUT2D eigenvalue weighted by Gasteiger charge is 2.11. The zero-order chi connectivity index (χ0) is 13.1. The van der Waals surface area contributed by atoms with E-state index in [2.05, 4.69) is 20.5 Å². The highest BCUT2D eigenvalue weighted by atomic mass is 32.1. The Morgan fingerprint density at radius 1 is 1.56 bits per heavy atom. The number of carbonyl (C=O) groups excluding carboxylic acids is 1. The summed E-state index contributed by atoms with van der Waals surface area (Å²) >= 11 is 1.23. The minimum absolute atomic E-state index is 0.0431. The Morgan fingerprint density at radius 3 is 3.00 bits per heavy atom. The van der Waals surface area contributed by atoms with Gasteiger partial charge in [0, 0.05) is 12.6 Å². The molecule has 8 heteroatoms. The lowest BCUT2D eigenvalue weighted by Gasteiger charge is -2.05. The van der Waals surface area contributed by atoms with Crippen molar-refractivity contribution in [2.45, 2.75) is 13.3 Å². The van der Waals surface area contributed by atoms with Gasteiger partial charge in [0.25, 0.3) is 5.56 Å². The minimum atomic E-state index is -0.268. The van der Waals surface area contributed by atoms with Gasteiger partial charge in [-0.25, -0.2) is 4.98 Å². The summed E-state index contributed by atoms with van der Waals surface area (Å²) in [5.41, 5.74) is 2.33. The van der Waals surface area contributed by atoms with Gasteiger partial charge in [-0.05, 0) is 6.92 Å². The first-order valence-corrected chi connectivity index (χ1v) is 6.03. The van der Waals surface area contributed by atoms with Crippen LogP contribution in [0.2, 0.25) is 0 Å². The molecule has 0 aromatic carbocycles. The lowest BCUT2D eigenvalue weighted by Crippen LogP contribution is -2.24. The maximum absolute atomic E-state index is 11.7. The third-order valence-electron chi connectivity index (χ3n) is 2.40. The summed E-state index contributed by atoms with van der Waals surface area (Å²) in [6.45, 7) is 1.66. The number of hydrogen-bond donors (Lipinski definition) is 1. The molecular formula is C10H11N5O2S. The van der Waals surface area contributed by atoms with Gasteiger partial charge in [-0.3, -0.25) is 9.59 Å². The Hall–Kier alpha value is -2.09. The van der Waals surface area contributed by atoms with E-state index < -0.39 is 0 Å². The van der Waals surface area contributed by atoms with Gasteiger partial charge in [0.2, 0.25) is 11.0 Å². The van der Waals surface area contributed by atoms with Crippen molar-refractivity contribution in [3.8, 4) is 0 Å². The van der Waals surface area contributed by atoms with E-state index in [0.29, 0.717) is 16.4 Å². The van der Waals surface area contributed by atoms with Crippen LogP contribution in [0.4, 0.5) is 5.13 Å². The maximum Gasteiger partial charge on any atom is 0.256 e. The molecule has 2 heterocycles. The number of aryl methyl sites for hydroxylation is 1. The second-order valence-electron chi connectivity index (χ2n) is 3.70. The van der Waals surface area contributed by atoms with E-state index in [9.17, 15) is 9.59 Å². The van der Waals surface area contributed by atoms with Gasteiger partial charge < -0.3 is 9.88 Å². The van der Waals surface area contributed by atoms with E-state index in [0.717, 1.165) is 0 Å². The molecule has 0 aliphatic rings. The van der Waals surface area contributed by atoms with Crippen molar-refractivity contribution < 1.29 is 4.79 Å². The number of hydrogen-bond acceptors (Lipinski definition) is 6. The quantitative estimate of drug-likeness (QED) is 0.851. The third kappa shape index (κ3) is 2.59. The summed E-state index contributed by atoms with van der Waals surface area (Å²) in [6, 6.07) is 0. The molecule has 0 atom stereocenters. The van der Waals surface area contributed by atoms with Crippen LogP contribution in [0, 0.1) is 6.92 Å². The number of nitrogens with one attached hydrogen (secondary N) is 1. The molecule has 0 unspecified atom stereocenters. The van der Waals surface area contributed by atoms with E-state index in [1.807, 2.05) is 0 Å². The smallest absolute Gasteiger partial charge is 0.256 e. The summed E-state index contributed by atoms with van der Waals surface area (Å²) in [5, 5.41) is 10.3. The fourth-order valence-corrected chi connectivity index (χ4v) is 1.88. The standard InChI is InChI=1S/C10H11N5O2S/c1-6-7(11-4-15(2)9(6)17)3-8(16)13-10-14-12-5-18-10/h4-5H,3H2,1-2H3,(H,13,14,16). The van der Waals surface area contributed by atoms with Crippen LogP contribution >= 0.6 is 11.3 Å². The lowest BCUT2D eigenvalue weighted by molar-refractivity contribution is -0.115. The largest absolute Gasteiger partial charge is 0.302 e. The summed E-state index contributed by atoms with van der Waals surface area (Å²) in [6.07, 6.45) is 1.45. The lowest BCUT2D eigenvalue weighted by atomic mass is 10.2. The number of rotatable bonds is 3. The van der Waals surface area contributed by atoms with Crippen molar-refractivity contribution in [1.82, 2.24) is 19.7 Å². The van der Waals surface area contributed by atoms with Gasteiger partial charge >= 0.3 is 0 Å². The zero-order valence-electron chi connectivity index (χ0n) is 9.88. The molecule has 2 aromatic heterocycles. The Morgan fingerprint density at radius 2 is 2.33 bits per heavy atom. The van der Waals surface area contributed by atoms with E-state index in [1.54, 1.807) is 14.0 Å². The molecule has 0 bridgehead atoms. The van der Waals surface area contributed by atoms with Crippen LogP contribution in [-0.2, 0) is 18.3 Å². The van der Waals surface area contributed by atoms with Crippen molar-refractivity contribution in [3.05, 3.63) is 33.4 Å². The van der Waals surface area contributed by atoms with E-state index in [4.69, 9.17) is 0 Å².